The number of methoxy groups -OCH3 is 1. The Morgan fingerprint density at radius 2 is 1.69 bits per heavy atom. The maximum atomic E-state index is 12.0. The molecule has 35 heavy (non-hydrogen) atoms. The first-order valence-electron chi connectivity index (χ1n) is 11.3. The average molecular weight is 481 g/mol. The second kappa shape index (κ2) is 11.4. The number of fused-ring (bicyclic) bond motifs is 1. The Hall–Kier alpha value is -4.08. The van der Waals surface area contributed by atoms with Gasteiger partial charge in [-0.25, -0.2) is 9.78 Å². The lowest BCUT2D eigenvalue weighted by molar-refractivity contribution is -0.120. The molecule has 0 saturated carbocycles. The summed E-state index contributed by atoms with van der Waals surface area (Å²) in [7, 11) is 3.58. The van der Waals surface area contributed by atoms with E-state index in [-0.39, 0.29) is 12.5 Å². The second-order valence-corrected chi connectivity index (χ2v) is 8.78. The van der Waals surface area contributed by atoms with Crippen LogP contribution >= 0.6 is 0 Å². The molecule has 2 aromatic carbocycles. The van der Waals surface area contributed by atoms with Crippen molar-refractivity contribution in [1.82, 2.24) is 20.6 Å². The van der Waals surface area contributed by atoms with Crippen molar-refractivity contribution in [3.8, 4) is 5.75 Å². The number of carbonyl (C=O) groups excluding carboxylic acids is 2. The van der Waals surface area contributed by atoms with Gasteiger partial charge in [-0.2, -0.15) is 4.98 Å². The molecular formula is C25H32N6O4. The number of nitrogens with one attached hydrogen (secondary N) is 3. The van der Waals surface area contributed by atoms with E-state index in [1.54, 1.807) is 27.9 Å². The molecule has 0 unspecified atom stereocenters. The van der Waals surface area contributed by atoms with Gasteiger partial charge in [0.1, 0.15) is 17.2 Å². The quantitative estimate of drug-likeness (QED) is 0.399. The third kappa shape index (κ3) is 7.46. The summed E-state index contributed by atoms with van der Waals surface area (Å²) < 4.78 is 10.4. The van der Waals surface area contributed by atoms with Crippen LogP contribution < -0.4 is 25.6 Å². The SMILES string of the molecule is COc1ccc(N(C)c2nc(NCCNC(=O)CNC(=O)OC(C)(C)C)nc3ccccc23)cc1. The first-order chi connectivity index (χ1) is 16.7. The van der Waals surface area contributed by atoms with Crippen molar-refractivity contribution in [1.29, 1.82) is 0 Å². The maximum absolute atomic E-state index is 12.0. The van der Waals surface area contributed by atoms with Crippen LogP contribution in [0.4, 0.5) is 22.2 Å². The van der Waals surface area contributed by atoms with Crippen molar-refractivity contribution in [3.63, 3.8) is 0 Å². The smallest absolute Gasteiger partial charge is 0.408 e. The fourth-order valence-electron chi connectivity index (χ4n) is 3.23. The van der Waals surface area contributed by atoms with Crippen molar-refractivity contribution in [3.05, 3.63) is 48.5 Å². The van der Waals surface area contributed by atoms with E-state index >= 15 is 0 Å². The molecule has 186 valence electrons. The van der Waals surface area contributed by atoms with Gasteiger partial charge in [-0.3, -0.25) is 4.79 Å². The van der Waals surface area contributed by atoms with Gasteiger partial charge < -0.3 is 30.3 Å². The summed E-state index contributed by atoms with van der Waals surface area (Å²) in [6, 6.07) is 15.5. The third-order valence-electron chi connectivity index (χ3n) is 4.88. The topological polar surface area (TPSA) is 118 Å². The Bertz CT molecular complexity index is 1160. The number of benzene rings is 2. The number of hydrogen-bond acceptors (Lipinski definition) is 8. The van der Waals surface area contributed by atoms with Crippen LogP contribution in [-0.4, -0.2) is 61.4 Å². The molecule has 0 aliphatic rings. The molecule has 0 spiro atoms. The molecule has 1 aromatic heterocycles. The minimum absolute atomic E-state index is 0.168. The summed E-state index contributed by atoms with van der Waals surface area (Å²) >= 11 is 0. The number of carbonyl (C=O) groups is 2. The Kier molecular flexibility index (Phi) is 8.30. The fourth-order valence-corrected chi connectivity index (χ4v) is 3.23. The standard InChI is InChI=1S/C25H32N6O4/c1-25(2,3)35-24(33)28-16-21(32)26-14-15-27-23-29-20-9-7-6-8-19(20)22(30-23)31(4)17-10-12-18(34-5)13-11-17/h6-13H,14-16H2,1-5H3,(H,26,32)(H,28,33)(H,27,29,30). The highest BCUT2D eigenvalue weighted by molar-refractivity contribution is 5.92. The van der Waals surface area contributed by atoms with Crippen molar-refractivity contribution >= 4 is 40.4 Å². The molecule has 0 aliphatic carbocycles. The lowest BCUT2D eigenvalue weighted by Crippen LogP contribution is -2.40. The summed E-state index contributed by atoms with van der Waals surface area (Å²) in [4.78, 5) is 34.9. The van der Waals surface area contributed by atoms with E-state index in [0.29, 0.717) is 19.0 Å². The van der Waals surface area contributed by atoms with Gasteiger partial charge in [0.2, 0.25) is 11.9 Å². The van der Waals surface area contributed by atoms with Crippen molar-refractivity contribution in [2.75, 3.05) is 44.0 Å². The summed E-state index contributed by atoms with van der Waals surface area (Å²) in [5.41, 5.74) is 1.13. The molecular weight excluding hydrogens is 448 g/mol. The van der Waals surface area contributed by atoms with Crippen LogP contribution in [0.15, 0.2) is 48.5 Å². The van der Waals surface area contributed by atoms with Crippen LogP contribution in [0, 0.1) is 0 Å². The molecule has 0 fully saturated rings. The van der Waals surface area contributed by atoms with Gasteiger partial charge >= 0.3 is 6.09 Å². The zero-order valence-electron chi connectivity index (χ0n) is 20.7. The molecule has 10 heteroatoms. The summed E-state index contributed by atoms with van der Waals surface area (Å²) in [6.45, 7) is 5.84. The predicted molar refractivity (Wildman–Crippen MR) is 136 cm³/mol. The van der Waals surface area contributed by atoms with Gasteiger partial charge in [0, 0.05) is 31.2 Å². The Labute approximate surface area is 205 Å². The normalized spacial score (nSPS) is 11.0. The van der Waals surface area contributed by atoms with E-state index in [1.807, 2.05) is 60.5 Å². The number of nitrogens with zero attached hydrogens (tertiary/aromatic N) is 3. The van der Waals surface area contributed by atoms with Gasteiger partial charge in [0.15, 0.2) is 0 Å². The molecule has 1 heterocycles. The molecule has 3 rings (SSSR count). The van der Waals surface area contributed by atoms with Crippen molar-refractivity contribution < 1.29 is 19.1 Å². The minimum Gasteiger partial charge on any atom is -0.497 e. The molecule has 0 aliphatic heterocycles. The Balaban J connectivity index is 1.60. The number of alkyl carbamates (subject to hydrolysis) is 1. The highest BCUT2D eigenvalue weighted by Gasteiger charge is 2.17. The highest BCUT2D eigenvalue weighted by Crippen LogP contribution is 2.30. The van der Waals surface area contributed by atoms with E-state index in [1.165, 1.54) is 0 Å². The Morgan fingerprint density at radius 3 is 2.37 bits per heavy atom. The molecule has 0 radical (unpaired) electrons. The highest BCUT2D eigenvalue weighted by atomic mass is 16.6. The van der Waals surface area contributed by atoms with E-state index in [4.69, 9.17) is 14.5 Å². The summed E-state index contributed by atoms with van der Waals surface area (Å²) in [5, 5.41) is 9.23. The zero-order valence-corrected chi connectivity index (χ0v) is 20.7. The molecule has 3 aromatic rings. The fraction of sp³-hybridized carbons (Fsp3) is 0.360. The first-order valence-corrected chi connectivity index (χ1v) is 11.3. The number of ether oxygens (including phenoxy) is 2. The molecule has 3 N–H and O–H groups in total. The number of para-hydroxylation sites is 1. The monoisotopic (exact) mass is 480 g/mol. The lowest BCUT2D eigenvalue weighted by Gasteiger charge is -2.21. The molecule has 0 bridgehead atoms. The van der Waals surface area contributed by atoms with Gasteiger partial charge in [0.25, 0.3) is 0 Å². The van der Waals surface area contributed by atoms with E-state index in [2.05, 4.69) is 20.9 Å². The largest absolute Gasteiger partial charge is 0.497 e. The number of hydrogen-bond donors (Lipinski definition) is 3. The first kappa shape index (κ1) is 25.5. The van der Waals surface area contributed by atoms with Gasteiger partial charge in [-0.05, 0) is 57.2 Å². The molecule has 10 nitrogen and oxygen atoms in total. The van der Waals surface area contributed by atoms with E-state index < -0.39 is 11.7 Å². The minimum atomic E-state index is -0.635. The van der Waals surface area contributed by atoms with E-state index in [0.717, 1.165) is 28.2 Å². The number of anilines is 3. The molecule has 0 atom stereocenters. The van der Waals surface area contributed by atoms with Gasteiger partial charge in [0.05, 0.1) is 19.2 Å². The van der Waals surface area contributed by atoms with Gasteiger partial charge in [-0.15, -0.1) is 0 Å². The second-order valence-electron chi connectivity index (χ2n) is 8.78. The van der Waals surface area contributed by atoms with Crippen molar-refractivity contribution in [2.24, 2.45) is 0 Å². The average Bonchev–Trinajstić information content (AvgIpc) is 2.83. The van der Waals surface area contributed by atoms with Crippen LogP contribution in [0.2, 0.25) is 0 Å². The Morgan fingerprint density at radius 1 is 0.971 bits per heavy atom. The summed E-state index contributed by atoms with van der Waals surface area (Å²) in [5.74, 6) is 1.64. The van der Waals surface area contributed by atoms with Crippen LogP contribution in [0.1, 0.15) is 20.8 Å². The van der Waals surface area contributed by atoms with Crippen LogP contribution in [0.5, 0.6) is 5.75 Å². The van der Waals surface area contributed by atoms with Gasteiger partial charge in [-0.1, -0.05) is 12.1 Å². The lowest BCUT2D eigenvalue weighted by atomic mass is 10.2. The van der Waals surface area contributed by atoms with Crippen molar-refractivity contribution in [2.45, 2.75) is 26.4 Å². The zero-order chi connectivity index (χ0) is 25.4. The van der Waals surface area contributed by atoms with E-state index in [9.17, 15) is 9.59 Å². The number of rotatable bonds is 9. The maximum Gasteiger partial charge on any atom is 0.408 e. The number of amides is 2. The summed E-state index contributed by atoms with van der Waals surface area (Å²) in [6.07, 6.45) is -0.635. The molecule has 2 amide bonds. The number of aromatic nitrogens is 2. The molecule has 0 saturated heterocycles. The predicted octanol–water partition coefficient (Wildman–Crippen LogP) is 3.46. The van der Waals surface area contributed by atoms with Crippen LogP contribution in [0.25, 0.3) is 10.9 Å². The third-order valence-corrected chi connectivity index (χ3v) is 4.88. The van der Waals surface area contributed by atoms with Crippen LogP contribution in [-0.2, 0) is 9.53 Å². The van der Waals surface area contributed by atoms with Crippen LogP contribution in [0.3, 0.4) is 0 Å².